The number of nitrogens with zero attached hydrogens (tertiary/aromatic N) is 6. The summed E-state index contributed by atoms with van der Waals surface area (Å²) >= 11 is 0. The number of aromatic nitrogens is 4. The molecule has 2 aliphatic rings. The molecular weight excluding hydrogens is 616 g/mol. The summed E-state index contributed by atoms with van der Waals surface area (Å²) in [5.74, 6) is -0.246. The van der Waals surface area contributed by atoms with Gasteiger partial charge in [-0.25, -0.2) is 9.37 Å². The molecule has 0 spiro atoms. The molecule has 1 fully saturated rings. The van der Waals surface area contributed by atoms with Crippen molar-refractivity contribution in [1.82, 2.24) is 25.1 Å². The third-order valence-corrected chi connectivity index (χ3v) is 8.54. The standard InChI is InChI=1S/C33H32F4N8O2/c1-44-18-41-43-31(44)24-6-5-21(33(35,36)37)13-25(24)20-11-29(39-8-4-3-7-38)42-30(12-20)45-17-27-26(32(45)46)9-19(10-28(27)34)16-40-22-14-23(15-22)47-2/h5-6,9-13,18,22-23,40H,3-4,8,14-17H2,1-2H3,(H,39,42)/t22-,23+. The van der Waals surface area contributed by atoms with Crippen molar-refractivity contribution in [3.8, 4) is 28.6 Å². The quantitative estimate of drug-likeness (QED) is 0.154. The van der Waals surface area contributed by atoms with Crippen LogP contribution in [-0.4, -0.2) is 51.5 Å². The Morgan fingerprint density at radius 3 is 2.62 bits per heavy atom. The topological polar surface area (TPSA) is 121 Å². The fraction of sp³-hybridized carbons (Fsp3) is 0.364. The van der Waals surface area contributed by atoms with Gasteiger partial charge in [0.25, 0.3) is 5.91 Å². The first kappa shape index (κ1) is 32.1. The van der Waals surface area contributed by atoms with Crippen LogP contribution in [0.1, 0.15) is 52.7 Å². The number of halogens is 4. The molecule has 10 nitrogen and oxygen atoms in total. The molecule has 1 aliphatic carbocycles. The van der Waals surface area contributed by atoms with Gasteiger partial charge in [0.05, 0.1) is 24.3 Å². The zero-order valence-corrected chi connectivity index (χ0v) is 25.7. The number of anilines is 2. The molecule has 0 radical (unpaired) electrons. The molecule has 2 N–H and O–H groups in total. The van der Waals surface area contributed by atoms with E-state index >= 15 is 4.39 Å². The van der Waals surface area contributed by atoms with E-state index in [1.807, 2.05) is 0 Å². The van der Waals surface area contributed by atoms with Crippen molar-refractivity contribution in [2.24, 2.45) is 7.05 Å². The average molecular weight is 649 g/mol. The van der Waals surface area contributed by atoms with Gasteiger partial charge in [0.15, 0.2) is 5.82 Å². The maximum absolute atomic E-state index is 15.4. The highest BCUT2D eigenvalue weighted by Gasteiger charge is 2.35. The Balaban J connectivity index is 1.37. The molecule has 0 unspecified atom stereocenters. The molecule has 1 aliphatic heterocycles. The molecule has 14 heteroatoms. The van der Waals surface area contributed by atoms with Crippen LogP contribution in [0.15, 0.2) is 48.8 Å². The molecule has 2 aromatic heterocycles. The summed E-state index contributed by atoms with van der Waals surface area (Å²) in [7, 11) is 3.35. The predicted molar refractivity (Wildman–Crippen MR) is 166 cm³/mol. The third-order valence-electron chi connectivity index (χ3n) is 8.54. The van der Waals surface area contributed by atoms with Gasteiger partial charge in [-0.05, 0) is 78.4 Å². The summed E-state index contributed by atoms with van der Waals surface area (Å²) in [5.41, 5.74) is 1.08. The van der Waals surface area contributed by atoms with Crippen LogP contribution in [0.2, 0.25) is 0 Å². The Morgan fingerprint density at radius 1 is 1.11 bits per heavy atom. The summed E-state index contributed by atoms with van der Waals surface area (Å²) < 4.78 is 64.1. The van der Waals surface area contributed by atoms with Crippen molar-refractivity contribution in [1.29, 1.82) is 5.26 Å². The maximum atomic E-state index is 15.4. The largest absolute Gasteiger partial charge is 0.416 e. The monoisotopic (exact) mass is 648 g/mol. The number of ether oxygens (including phenoxy) is 1. The number of hydrogen-bond donors (Lipinski definition) is 2. The number of hydrogen-bond acceptors (Lipinski definition) is 8. The lowest BCUT2D eigenvalue weighted by Gasteiger charge is -2.34. The molecule has 6 rings (SSSR count). The Bertz CT molecular complexity index is 1850. The molecule has 244 valence electrons. The van der Waals surface area contributed by atoms with Crippen LogP contribution in [-0.2, 0) is 31.1 Å². The summed E-state index contributed by atoms with van der Waals surface area (Å²) in [4.78, 5) is 19.7. The number of nitrogens with one attached hydrogen (secondary N) is 2. The first-order valence-electron chi connectivity index (χ1n) is 15.1. The number of benzene rings is 2. The van der Waals surface area contributed by atoms with Gasteiger partial charge in [-0.3, -0.25) is 9.69 Å². The van der Waals surface area contributed by atoms with Gasteiger partial charge in [-0.2, -0.15) is 18.4 Å². The SMILES string of the molecule is CO[C@H]1C[C@@H](NCc2cc(F)c3c(c2)C(=O)N(c2cc(-c4cc(C(F)(F)F)ccc4-c4nncn4C)cc(NCCCC#N)n2)C3)C1. The Labute approximate surface area is 268 Å². The minimum absolute atomic E-state index is 0.102. The van der Waals surface area contributed by atoms with Crippen LogP contribution in [0.4, 0.5) is 29.2 Å². The van der Waals surface area contributed by atoms with Gasteiger partial charge < -0.3 is 19.9 Å². The molecule has 3 heterocycles. The highest BCUT2D eigenvalue weighted by atomic mass is 19.4. The number of carbonyl (C=O) groups is 1. The van der Waals surface area contributed by atoms with Gasteiger partial charge in [0.1, 0.15) is 23.8 Å². The predicted octanol–water partition coefficient (Wildman–Crippen LogP) is 5.85. The zero-order chi connectivity index (χ0) is 33.3. The molecule has 0 bridgehead atoms. The van der Waals surface area contributed by atoms with E-state index in [-0.39, 0.29) is 53.4 Å². The van der Waals surface area contributed by atoms with E-state index < -0.39 is 23.5 Å². The molecule has 1 amide bonds. The number of unbranched alkanes of at least 4 members (excludes halogenated alkanes) is 1. The van der Waals surface area contributed by atoms with E-state index in [1.54, 1.807) is 30.9 Å². The lowest BCUT2D eigenvalue weighted by Crippen LogP contribution is -2.44. The molecule has 47 heavy (non-hydrogen) atoms. The number of alkyl halides is 3. The smallest absolute Gasteiger partial charge is 0.381 e. The van der Waals surface area contributed by atoms with Crippen molar-refractivity contribution in [2.75, 3.05) is 23.9 Å². The number of carbonyl (C=O) groups excluding carboxylic acids is 1. The van der Waals surface area contributed by atoms with E-state index in [4.69, 9.17) is 10.00 Å². The molecule has 1 saturated carbocycles. The van der Waals surface area contributed by atoms with Crippen LogP contribution in [0.3, 0.4) is 0 Å². The number of amides is 1. The number of aryl methyl sites for hydroxylation is 1. The second-order valence-electron chi connectivity index (χ2n) is 11.7. The van der Waals surface area contributed by atoms with Crippen molar-refractivity contribution in [3.05, 3.63) is 76.9 Å². The number of methoxy groups -OCH3 is 1. The fourth-order valence-corrected chi connectivity index (χ4v) is 5.86. The van der Waals surface area contributed by atoms with E-state index in [9.17, 15) is 18.0 Å². The normalized spacial score (nSPS) is 17.4. The van der Waals surface area contributed by atoms with Gasteiger partial charge in [0, 0.05) is 56.4 Å². The molecular formula is C33H32F4N8O2. The molecule has 0 atom stereocenters. The lowest BCUT2D eigenvalue weighted by atomic mass is 9.89. The van der Waals surface area contributed by atoms with Crippen LogP contribution in [0.5, 0.6) is 0 Å². The first-order chi connectivity index (χ1) is 22.5. The Kier molecular flexibility index (Phi) is 8.94. The minimum atomic E-state index is -4.62. The van der Waals surface area contributed by atoms with E-state index in [2.05, 4.69) is 31.9 Å². The molecule has 0 saturated heterocycles. The molecule has 2 aromatic carbocycles. The first-order valence-corrected chi connectivity index (χ1v) is 15.1. The van der Waals surface area contributed by atoms with Crippen molar-refractivity contribution in [3.63, 3.8) is 0 Å². The highest BCUT2D eigenvalue weighted by Crippen LogP contribution is 2.40. The van der Waals surface area contributed by atoms with Gasteiger partial charge in [-0.1, -0.05) is 0 Å². The van der Waals surface area contributed by atoms with Gasteiger partial charge in [-0.15, -0.1) is 10.2 Å². The molecule has 4 aromatic rings. The van der Waals surface area contributed by atoms with Crippen LogP contribution >= 0.6 is 0 Å². The fourth-order valence-electron chi connectivity index (χ4n) is 5.86. The van der Waals surface area contributed by atoms with Crippen molar-refractivity contribution >= 4 is 17.5 Å². The second-order valence-corrected chi connectivity index (χ2v) is 11.7. The van der Waals surface area contributed by atoms with Crippen LogP contribution < -0.4 is 15.5 Å². The Morgan fingerprint density at radius 2 is 1.91 bits per heavy atom. The lowest BCUT2D eigenvalue weighted by molar-refractivity contribution is -0.137. The second kappa shape index (κ2) is 13.1. The van der Waals surface area contributed by atoms with E-state index in [0.717, 1.165) is 25.0 Å². The van der Waals surface area contributed by atoms with Gasteiger partial charge >= 0.3 is 6.18 Å². The van der Waals surface area contributed by atoms with Crippen LogP contribution in [0, 0.1) is 17.1 Å². The summed E-state index contributed by atoms with van der Waals surface area (Å²) in [6.07, 6.45) is -0.478. The Hall–Kier alpha value is -4.87. The van der Waals surface area contributed by atoms with E-state index in [1.165, 1.54) is 29.4 Å². The van der Waals surface area contributed by atoms with Gasteiger partial charge in [0.2, 0.25) is 0 Å². The average Bonchev–Trinajstić information content (AvgIpc) is 3.60. The number of rotatable bonds is 11. The summed E-state index contributed by atoms with van der Waals surface area (Å²) in [6.45, 7) is 0.631. The summed E-state index contributed by atoms with van der Waals surface area (Å²) in [6, 6.07) is 11.8. The number of nitriles is 1. The highest BCUT2D eigenvalue weighted by molar-refractivity contribution is 6.10. The number of fused-ring (bicyclic) bond motifs is 1. The third kappa shape index (κ3) is 6.68. The van der Waals surface area contributed by atoms with Crippen molar-refractivity contribution in [2.45, 2.75) is 57.1 Å². The zero-order valence-electron chi connectivity index (χ0n) is 25.7. The van der Waals surface area contributed by atoms with Crippen LogP contribution in [0.25, 0.3) is 22.5 Å². The van der Waals surface area contributed by atoms with Crippen molar-refractivity contribution < 1.29 is 27.1 Å². The maximum Gasteiger partial charge on any atom is 0.416 e. The van der Waals surface area contributed by atoms with E-state index in [0.29, 0.717) is 42.0 Å². The minimum Gasteiger partial charge on any atom is -0.381 e. The summed E-state index contributed by atoms with van der Waals surface area (Å²) in [5, 5.41) is 23.4. The number of pyridine rings is 1.